The summed E-state index contributed by atoms with van der Waals surface area (Å²) in [6.45, 7) is 4.80. The van der Waals surface area contributed by atoms with Crippen molar-refractivity contribution in [3.8, 4) is 10.6 Å². The van der Waals surface area contributed by atoms with E-state index in [1.54, 1.807) is 34.0 Å². The highest BCUT2D eigenvalue weighted by Gasteiger charge is 2.14. The fourth-order valence-corrected chi connectivity index (χ4v) is 4.44. The van der Waals surface area contributed by atoms with Crippen molar-refractivity contribution in [3.05, 3.63) is 62.2 Å². The normalized spacial score (nSPS) is 11.6. The topological polar surface area (TPSA) is 65.6 Å². The minimum absolute atomic E-state index is 0.115. The van der Waals surface area contributed by atoms with E-state index in [-0.39, 0.29) is 5.56 Å². The van der Waals surface area contributed by atoms with Crippen LogP contribution in [0.4, 0.5) is 0 Å². The maximum absolute atomic E-state index is 12.8. The summed E-state index contributed by atoms with van der Waals surface area (Å²) in [5.74, 6) is 0.506. The Balaban J connectivity index is 1.63. The number of aryl methyl sites for hydroxylation is 1. The molecule has 27 heavy (non-hydrogen) atoms. The molecular formula is C19H18BrN5OS. The Morgan fingerprint density at radius 2 is 1.93 bits per heavy atom. The summed E-state index contributed by atoms with van der Waals surface area (Å²) in [6, 6.07) is 8.49. The molecule has 0 spiro atoms. The first-order valence-electron chi connectivity index (χ1n) is 8.56. The summed E-state index contributed by atoms with van der Waals surface area (Å²) >= 11 is 4.93. The molecular weight excluding hydrogens is 426 g/mol. The molecule has 0 saturated carbocycles. The predicted molar refractivity (Wildman–Crippen MR) is 111 cm³/mol. The average Bonchev–Trinajstić information content (AvgIpc) is 3.22. The summed E-state index contributed by atoms with van der Waals surface area (Å²) in [7, 11) is 1.77. The van der Waals surface area contributed by atoms with Gasteiger partial charge in [0.15, 0.2) is 5.65 Å². The molecule has 4 aromatic rings. The summed E-state index contributed by atoms with van der Waals surface area (Å²) in [6.07, 6.45) is 3.39. The van der Waals surface area contributed by atoms with Crippen molar-refractivity contribution >= 4 is 38.3 Å². The van der Waals surface area contributed by atoms with Crippen molar-refractivity contribution < 1.29 is 0 Å². The molecule has 0 radical (unpaired) electrons. The van der Waals surface area contributed by atoms with Gasteiger partial charge in [0.2, 0.25) is 0 Å². The second-order valence-corrected chi connectivity index (χ2v) is 8.57. The van der Waals surface area contributed by atoms with E-state index in [9.17, 15) is 4.79 Å². The molecule has 4 rings (SSSR count). The standard InChI is InChI=1S/C19H18BrN5OS/c1-11(2)12-4-6-13(7-5-12)18-21-8-14(27-18)9-25-10-22-17-15(19(25)26)16(20)23-24(17)3/h4-8,10-11H,9H2,1-3H3. The van der Waals surface area contributed by atoms with Gasteiger partial charge in [-0.2, -0.15) is 5.10 Å². The lowest BCUT2D eigenvalue weighted by atomic mass is 10.0. The number of benzene rings is 1. The summed E-state index contributed by atoms with van der Waals surface area (Å²) < 4.78 is 3.70. The molecule has 0 aliphatic heterocycles. The second kappa shape index (κ2) is 7.01. The Kier molecular flexibility index (Phi) is 4.69. The van der Waals surface area contributed by atoms with Gasteiger partial charge in [-0.3, -0.25) is 9.36 Å². The van der Waals surface area contributed by atoms with E-state index in [4.69, 9.17) is 0 Å². The average molecular weight is 444 g/mol. The van der Waals surface area contributed by atoms with Gasteiger partial charge >= 0.3 is 0 Å². The fourth-order valence-electron chi connectivity index (χ4n) is 2.94. The van der Waals surface area contributed by atoms with Crippen LogP contribution in [0.3, 0.4) is 0 Å². The number of thiazole rings is 1. The molecule has 0 aliphatic rings. The van der Waals surface area contributed by atoms with Crippen LogP contribution in [0.1, 0.15) is 30.2 Å². The summed E-state index contributed by atoms with van der Waals surface area (Å²) in [5.41, 5.74) is 2.85. The zero-order chi connectivity index (χ0) is 19.1. The Hall–Kier alpha value is -2.32. The molecule has 0 saturated heterocycles. The first kappa shape index (κ1) is 18.1. The zero-order valence-electron chi connectivity index (χ0n) is 15.2. The van der Waals surface area contributed by atoms with E-state index in [1.807, 2.05) is 6.20 Å². The highest BCUT2D eigenvalue weighted by molar-refractivity contribution is 9.10. The first-order chi connectivity index (χ1) is 12.9. The summed E-state index contributed by atoms with van der Waals surface area (Å²) in [4.78, 5) is 22.7. The Labute approximate surface area is 168 Å². The number of fused-ring (bicyclic) bond motifs is 1. The van der Waals surface area contributed by atoms with Crippen LogP contribution in [0.25, 0.3) is 21.6 Å². The highest BCUT2D eigenvalue weighted by Crippen LogP contribution is 2.27. The number of halogens is 1. The quantitative estimate of drug-likeness (QED) is 0.474. The molecule has 138 valence electrons. The molecule has 1 aromatic carbocycles. The van der Waals surface area contributed by atoms with Gasteiger partial charge < -0.3 is 0 Å². The minimum atomic E-state index is -0.115. The number of aromatic nitrogens is 5. The second-order valence-electron chi connectivity index (χ2n) is 6.70. The van der Waals surface area contributed by atoms with Crippen molar-refractivity contribution in [1.82, 2.24) is 24.3 Å². The van der Waals surface area contributed by atoms with Gasteiger partial charge in [-0.1, -0.05) is 38.1 Å². The first-order valence-corrected chi connectivity index (χ1v) is 10.2. The Morgan fingerprint density at radius 1 is 1.19 bits per heavy atom. The van der Waals surface area contributed by atoms with Crippen LogP contribution >= 0.6 is 27.3 Å². The minimum Gasteiger partial charge on any atom is -0.293 e. The fraction of sp³-hybridized carbons (Fsp3) is 0.263. The molecule has 6 nitrogen and oxygen atoms in total. The van der Waals surface area contributed by atoms with Crippen LogP contribution in [0.5, 0.6) is 0 Å². The Bertz CT molecular complexity index is 1170. The lowest BCUT2D eigenvalue weighted by Crippen LogP contribution is -2.20. The van der Waals surface area contributed by atoms with Crippen LogP contribution in [-0.2, 0) is 13.6 Å². The maximum atomic E-state index is 12.8. The van der Waals surface area contributed by atoms with Crippen LogP contribution in [-0.4, -0.2) is 24.3 Å². The molecule has 8 heteroatoms. The van der Waals surface area contributed by atoms with Gasteiger partial charge in [-0.05, 0) is 27.4 Å². The number of hydrogen-bond acceptors (Lipinski definition) is 5. The summed E-state index contributed by atoms with van der Waals surface area (Å²) in [5, 5.41) is 5.65. The van der Waals surface area contributed by atoms with Crippen molar-refractivity contribution in [2.24, 2.45) is 7.05 Å². The van der Waals surface area contributed by atoms with Crippen molar-refractivity contribution in [2.75, 3.05) is 0 Å². The monoisotopic (exact) mass is 443 g/mol. The smallest absolute Gasteiger partial charge is 0.265 e. The van der Waals surface area contributed by atoms with Crippen LogP contribution < -0.4 is 5.56 Å². The number of nitrogens with zero attached hydrogens (tertiary/aromatic N) is 5. The van der Waals surface area contributed by atoms with Gasteiger partial charge in [0.1, 0.15) is 21.3 Å². The van der Waals surface area contributed by atoms with Gasteiger partial charge in [-0.25, -0.2) is 14.6 Å². The molecule has 0 amide bonds. The largest absolute Gasteiger partial charge is 0.293 e. The van der Waals surface area contributed by atoms with Gasteiger partial charge in [0.25, 0.3) is 5.56 Å². The third-order valence-corrected chi connectivity index (χ3v) is 6.06. The number of hydrogen-bond donors (Lipinski definition) is 0. The van der Waals surface area contributed by atoms with Crippen LogP contribution in [0.2, 0.25) is 0 Å². The van der Waals surface area contributed by atoms with E-state index in [0.29, 0.717) is 28.1 Å². The van der Waals surface area contributed by atoms with E-state index in [2.05, 4.69) is 69.1 Å². The van der Waals surface area contributed by atoms with E-state index in [0.717, 1.165) is 15.4 Å². The molecule has 0 bridgehead atoms. The third kappa shape index (κ3) is 3.35. The molecule has 0 atom stereocenters. The molecule has 0 aliphatic carbocycles. The molecule has 3 heterocycles. The predicted octanol–water partition coefficient (Wildman–Crippen LogP) is 4.19. The van der Waals surface area contributed by atoms with Crippen molar-refractivity contribution in [3.63, 3.8) is 0 Å². The van der Waals surface area contributed by atoms with Crippen molar-refractivity contribution in [1.29, 1.82) is 0 Å². The molecule has 0 fully saturated rings. The van der Waals surface area contributed by atoms with Gasteiger partial charge in [0.05, 0.1) is 6.54 Å². The van der Waals surface area contributed by atoms with E-state index >= 15 is 0 Å². The van der Waals surface area contributed by atoms with E-state index in [1.165, 1.54) is 5.56 Å². The zero-order valence-corrected chi connectivity index (χ0v) is 17.6. The Morgan fingerprint density at radius 3 is 2.63 bits per heavy atom. The molecule has 0 unspecified atom stereocenters. The van der Waals surface area contributed by atoms with Crippen LogP contribution in [0.15, 0.2) is 46.2 Å². The van der Waals surface area contributed by atoms with Crippen molar-refractivity contribution in [2.45, 2.75) is 26.3 Å². The van der Waals surface area contributed by atoms with Gasteiger partial charge in [-0.15, -0.1) is 11.3 Å². The van der Waals surface area contributed by atoms with Gasteiger partial charge in [0, 0.05) is 23.7 Å². The highest BCUT2D eigenvalue weighted by atomic mass is 79.9. The molecule has 3 aromatic heterocycles. The third-order valence-electron chi connectivity index (χ3n) is 4.47. The van der Waals surface area contributed by atoms with Crippen LogP contribution in [0, 0.1) is 0 Å². The maximum Gasteiger partial charge on any atom is 0.265 e. The molecule has 0 N–H and O–H groups in total. The lowest BCUT2D eigenvalue weighted by Gasteiger charge is -2.05. The van der Waals surface area contributed by atoms with E-state index < -0.39 is 0 Å². The number of rotatable bonds is 4. The SMILES string of the molecule is CC(C)c1ccc(-c2ncc(Cn3cnc4c(c(Br)nn4C)c3=O)s2)cc1. The lowest BCUT2D eigenvalue weighted by molar-refractivity contribution is 0.743.